The molecule has 0 aliphatic carbocycles. The topological polar surface area (TPSA) is 59.4 Å². The maximum atomic E-state index is 13.8. The van der Waals surface area contributed by atoms with Crippen LogP contribution in [0.3, 0.4) is 0 Å². The van der Waals surface area contributed by atoms with Crippen molar-refractivity contribution in [2.24, 2.45) is 0 Å². The summed E-state index contributed by atoms with van der Waals surface area (Å²) < 4.78 is 13.8. The molecule has 1 aliphatic rings. The van der Waals surface area contributed by atoms with Crippen molar-refractivity contribution in [3.05, 3.63) is 41.9 Å². The Kier molecular flexibility index (Phi) is 6.62. The zero-order chi connectivity index (χ0) is 17.4. The van der Waals surface area contributed by atoms with Crippen LogP contribution in [-0.2, 0) is 4.79 Å². The van der Waals surface area contributed by atoms with E-state index in [0.717, 1.165) is 12.8 Å². The molecule has 0 saturated carbocycles. The number of halogens is 1. The van der Waals surface area contributed by atoms with Crippen molar-refractivity contribution in [1.82, 2.24) is 10.2 Å². The van der Waals surface area contributed by atoms with Crippen LogP contribution in [0.4, 0.5) is 10.1 Å². The van der Waals surface area contributed by atoms with Crippen molar-refractivity contribution >= 4 is 11.6 Å². The number of carbonyl (C=O) groups excluding carboxylic acids is 1. The maximum absolute atomic E-state index is 13.8. The fraction of sp³-hybridized carbons (Fsp3) is 0.444. The van der Waals surface area contributed by atoms with Crippen LogP contribution in [0.25, 0.3) is 0 Å². The minimum absolute atomic E-state index is 0.116. The third-order valence-electron chi connectivity index (χ3n) is 4.00. The van der Waals surface area contributed by atoms with Crippen LogP contribution in [0.2, 0.25) is 0 Å². The molecule has 1 amide bonds. The molecule has 0 atom stereocenters. The smallest absolute Gasteiger partial charge is 0.263 e. The molecule has 1 fully saturated rings. The number of rotatable bonds is 6. The predicted molar refractivity (Wildman–Crippen MR) is 91.8 cm³/mol. The van der Waals surface area contributed by atoms with Crippen LogP contribution in [-0.4, -0.2) is 43.5 Å². The molecule has 1 aromatic carbocycles. The van der Waals surface area contributed by atoms with Gasteiger partial charge in [-0.15, -0.1) is 0 Å². The number of unbranched alkanes of at least 4 members (excludes halogenated alkanes) is 1. The number of nitrogens with zero attached hydrogens (tertiary/aromatic N) is 3. The predicted octanol–water partition coefficient (Wildman–Crippen LogP) is 2.27. The van der Waals surface area contributed by atoms with E-state index >= 15 is 0 Å². The van der Waals surface area contributed by atoms with E-state index in [1.54, 1.807) is 18.3 Å². The van der Waals surface area contributed by atoms with Crippen LogP contribution in [0.15, 0.2) is 36.0 Å². The van der Waals surface area contributed by atoms with Gasteiger partial charge in [-0.2, -0.15) is 5.26 Å². The molecule has 1 heterocycles. The molecule has 0 bridgehead atoms. The van der Waals surface area contributed by atoms with Gasteiger partial charge in [-0.1, -0.05) is 25.5 Å². The lowest BCUT2D eigenvalue weighted by Gasteiger charge is -2.35. The van der Waals surface area contributed by atoms with E-state index in [2.05, 4.69) is 5.32 Å². The molecule has 0 spiro atoms. The van der Waals surface area contributed by atoms with E-state index in [9.17, 15) is 14.4 Å². The standard InChI is InChI=1S/C18H23FN4O/c1-2-3-8-21-18(24)15(13-20)14-22-9-11-23(12-10-22)17-7-5-4-6-16(17)19/h4-7,14H,2-3,8-12H2,1H3,(H,21,24)/b15-14-. The first-order valence-corrected chi connectivity index (χ1v) is 8.29. The quantitative estimate of drug-likeness (QED) is 0.494. The van der Waals surface area contributed by atoms with Crippen LogP contribution < -0.4 is 10.2 Å². The zero-order valence-electron chi connectivity index (χ0n) is 14.0. The number of amides is 1. The Bertz CT molecular complexity index is 630. The summed E-state index contributed by atoms with van der Waals surface area (Å²) in [4.78, 5) is 15.9. The van der Waals surface area contributed by atoms with Crippen molar-refractivity contribution < 1.29 is 9.18 Å². The summed E-state index contributed by atoms with van der Waals surface area (Å²) in [5.74, 6) is -0.558. The molecule has 1 saturated heterocycles. The van der Waals surface area contributed by atoms with Gasteiger partial charge >= 0.3 is 0 Å². The number of hydrogen-bond acceptors (Lipinski definition) is 4. The molecule has 0 unspecified atom stereocenters. The summed E-state index contributed by atoms with van der Waals surface area (Å²) >= 11 is 0. The van der Waals surface area contributed by atoms with E-state index in [1.807, 2.05) is 28.9 Å². The van der Waals surface area contributed by atoms with E-state index in [-0.39, 0.29) is 17.3 Å². The van der Waals surface area contributed by atoms with Gasteiger partial charge in [0.2, 0.25) is 0 Å². The Hall–Kier alpha value is -2.55. The molecule has 5 nitrogen and oxygen atoms in total. The third kappa shape index (κ3) is 4.72. The molecule has 6 heteroatoms. The average Bonchev–Trinajstić information content (AvgIpc) is 2.61. The van der Waals surface area contributed by atoms with Crippen molar-refractivity contribution in [3.8, 4) is 6.07 Å². The highest BCUT2D eigenvalue weighted by Gasteiger charge is 2.19. The number of nitrogens with one attached hydrogen (secondary N) is 1. The van der Waals surface area contributed by atoms with Crippen molar-refractivity contribution in [1.29, 1.82) is 5.26 Å². The van der Waals surface area contributed by atoms with Crippen molar-refractivity contribution in [3.63, 3.8) is 0 Å². The highest BCUT2D eigenvalue weighted by Crippen LogP contribution is 2.20. The Morgan fingerprint density at radius 1 is 1.33 bits per heavy atom. The molecule has 1 aliphatic heterocycles. The number of carbonyl (C=O) groups is 1. The van der Waals surface area contributed by atoms with E-state index in [0.29, 0.717) is 38.4 Å². The fourth-order valence-corrected chi connectivity index (χ4v) is 2.59. The molecule has 1 N–H and O–H groups in total. The summed E-state index contributed by atoms with van der Waals surface area (Å²) in [6.45, 7) is 5.20. The normalized spacial score (nSPS) is 15.1. The lowest BCUT2D eigenvalue weighted by molar-refractivity contribution is -0.117. The van der Waals surface area contributed by atoms with Gasteiger partial charge in [0, 0.05) is 38.9 Å². The molecule has 128 valence electrons. The third-order valence-corrected chi connectivity index (χ3v) is 4.00. The van der Waals surface area contributed by atoms with Gasteiger partial charge in [0.1, 0.15) is 17.5 Å². The number of hydrogen-bond donors (Lipinski definition) is 1. The molecular weight excluding hydrogens is 307 g/mol. The first-order chi connectivity index (χ1) is 11.7. The summed E-state index contributed by atoms with van der Waals surface area (Å²) in [5, 5.41) is 11.9. The zero-order valence-corrected chi connectivity index (χ0v) is 14.0. The second kappa shape index (κ2) is 8.92. The van der Waals surface area contributed by atoms with Crippen LogP contribution in [0, 0.1) is 17.1 Å². The number of para-hydroxylation sites is 1. The average molecular weight is 330 g/mol. The SMILES string of the molecule is CCCCNC(=O)/C(C#N)=C\N1CCN(c2ccccc2F)CC1. The lowest BCUT2D eigenvalue weighted by atomic mass is 10.2. The summed E-state index contributed by atoms with van der Waals surface area (Å²) in [5.41, 5.74) is 0.712. The van der Waals surface area contributed by atoms with Crippen molar-refractivity contribution in [2.75, 3.05) is 37.6 Å². The number of benzene rings is 1. The van der Waals surface area contributed by atoms with Gasteiger partial charge in [0.05, 0.1) is 5.69 Å². The lowest BCUT2D eigenvalue weighted by Crippen LogP contribution is -2.44. The van der Waals surface area contributed by atoms with E-state index < -0.39 is 0 Å². The van der Waals surface area contributed by atoms with Gasteiger partial charge in [0.15, 0.2) is 0 Å². The molecule has 0 aromatic heterocycles. The molecular formula is C18H23FN4O. The van der Waals surface area contributed by atoms with Gasteiger partial charge in [0.25, 0.3) is 5.91 Å². The van der Waals surface area contributed by atoms with Crippen LogP contribution >= 0.6 is 0 Å². The first kappa shape index (κ1) is 17.8. The fourth-order valence-electron chi connectivity index (χ4n) is 2.59. The van der Waals surface area contributed by atoms with Crippen LogP contribution in [0.1, 0.15) is 19.8 Å². The maximum Gasteiger partial charge on any atom is 0.263 e. The van der Waals surface area contributed by atoms with Gasteiger partial charge in [-0.3, -0.25) is 4.79 Å². The van der Waals surface area contributed by atoms with Crippen molar-refractivity contribution in [2.45, 2.75) is 19.8 Å². The summed E-state index contributed by atoms with van der Waals surface area (Å²) in [7, 11) is 0. The summed E-state index contributed by atoms with van der Waals surface area (Å²) in [6, 6.07) is 8.68. The van der Waals surface area contributed by atoms with Gasteiger partial charge in [-0.05, 0) is 18.6 Å². The number of anilines is 1. The first-order valence-electron chi connectivity index (χ1n) is 8.29. The van der Waals surface area contributed by atoms with Gasteiger partial charge in [-0.25, -0.2) is 4.39 Å². The number of piperazine rings is 1. The Morgan fingerprint density at radius 2 is 2.04 bits per heavy atom. The van der Waals surface area contributed by atoms with Gasteiger partial charge < -0.3 is 15.1 Å². The summed E-state index contributed by atoms with van der Waals surface area (Å²) in [6.07, 6.45) is 3.50. The van der Waals surface area contributed by atoms with E-state index in [4.69, 9.17) is 0 Å². The highest BCUT2D eigenvalue weighted by molar-refractivity contribution is 5.97. The second-order valence-corrected chi connectivity index (χ2v) is 5.74. The van der Waals surface area contributed by atoms with E-state index in [1.165, 1.54) is 6.07 Å². The second-order valence-electron chi connectivity index (χ2n) is 5.74. The molecule has 1 aromatic rings. The minimum atomic E-state index is -0.331. The van der Waals surface area contributed by atoms with Crippen LogP contribution in [0.5, 0.6) is 0 Å². The Balaban J connectivity index is 1.92. The minimum Gasteiger partial charge on any atom is -0.373 e. The molecule has 2 rings (SSSR count). The monoisotopic (exact) mass is 330 g/mol. The number of nitriles is 1. The molecule has 24 heavy (non-hydrogen) atoms. The largest absolute Gasteiger partial charge is 0.373 e. The molecule has 0 radical (unpaired) electrons. The highest BCUT2D eigenvalue weighted by atomic mass is 19.1. The Morgan fingerprint density at radius 3 is 2.67 bits per heavy atom. The Labute approximate surface area is 142 Å².